The molecule has 1 saturated heterocycles. The third-order valence-corrected chi connectivity index (χ3v) is 4.03. The zero-order chi connectivity index (χ0) is 15.4. The van der Waals surface area contributed by atoms with Crippen molar-refractivity contribution < 1.29 is 9.53 Å². The fourth-order valence-electron chi connectivity index (χ4n) is 2.92. The highest BCUT2D eigenvalue weighted by molar-refractivity contribution is 5.96. The molecule has 0 unspecified atom stereocenters. The number of nitrogens with zero attached hydrogens (tertiary/aromatic N) is 1. The average Bonchev–Trinajstić information content (AvgIpc) is 2.98. The van der Waals surface area contributed by atoms with Crippen LogP contribution in [0.4, 0.5) is 0 Å². The third-order valence-electron chi connectivity index (χ3n) is 4.03. The van der Waals surface area contributed by atoms with Gasteiger partial charge in [-0.2, -0.15) is 0 Å². The molecular weight excluding hydrogens is 300 g/mol. The van der Waals surface area contributed by atoms with E-state index in [2.05, 4.69) is 19.2 Å². The topological polar surface area (TPSA) is 41.6 Å². The van der Waals surface area contributed by atoms with Gasteiger partial charge < -0.3 is 15.0 Å². The zero-order valence-electron chi connectivity index (χ0n) is 13.9. The van der Waals surface area contributed by atoms with E-state index in [1.54, 1.807) is 7.11 Å². The number of nitrogens with one attached hydrogen (secondary N) is 1. The largest absolute Gasteiger partial charge is 0.496 e. The van der Waals surface area contributed by atoms with Crippen molar-refractivity contribution in [3.8, 4) is 5.75 Å². The maximum absolute atomic E-state index is 13.0. The Morgan fingerprint density at radius 3 is 2.73 bits per heavy atom. The van der Waals surface area contributed by atoms with Crippen LogP contribution in [0.5, 0.6) is 5.75 Å². The summed E-state index contributed by atoms with van der Waals surface area (Å²) in [7, 11) is 1.64. The van der Waals surface area contributed by atoms with E-state index in [4.69, 9.17) is 4.74 Å². The lowest BCUT2D eigenvalue weighted by molar-refractivity contribution is 0.0666. The summed E-state index contributed by atoms with van der Waals surface area (Å²) in [5.41, 5.74) is 1.67. The molecule has 124 valence electrons. The van der Waals surface area contributed by atoms with E-state index in [9.17, 15) is 4.79 Å². The highest BCUT2D eigenvalue weighted by Gasteiger charge is 2.28. The molecule has 1 amide bonds. The number of carbonyl (C=O) groups excluding carboxylic acids is 1. The standard InChI is InChI=1S/C17H26N2O2.ClH/c1-12(2)11-19(14-8-9-18-10-14)17(20)15-6-5-7-16(21-4)13(15)3;/h5-7,12,14,18H,8-11H2,1-4H3;1H/t14-;/m1./s1. The molecule has 22 heavy (non-hydrogen) atoms. The minimum absolute atomic E-state index is 0. The van der Waals surface area contributed by atoms with Crippen molar-refractivity contribution in [1.82, 2.24) is 10.2 Å². The number of amides is 1. The molecule has 1 N–H and O–H groups in total. The van der Waals surface area contributed by atoms with Gasteiger partial charge in [-0.1, -0.05) is 19.9 Å². The number of benzene rings is 1. The summed E-state index contributed by atoms with van der Waals surface area (Å²) in [6.45, 7) is 8.93. The monoisotopic (exact) mass is 326 g/mol. The van der Waals surface area contributed by atoms with Gasteiger partial charge in [0.1, 0.15) is 5.75 Å². The van der Waals surface area contributed by atoms with Crippen molar-refractivity contribution in [1.29, 1.82) is 0 Å². The summed E-state index contributed by atoms with van der Waals surface area (Å²) >= 11 is 0. The molecule has 0 spiro atoms. The van der Waals surface area contributed by atoms with E-state index in [0.29, 0.717) is 12.0 Å². The maximum Gasteiger partial charge on any atom is 0.254 e. The molecule has 5 heteroatoms. The summed E-state index contributed by atoms with van der Waals surface area (Å²) in [6, 6.07) is 5.98. The highest BCUT2D eigenvalue weighted by atomic mass is 35.5. The third kappa shape index (κ3) is 4.14. The Kier molecular flexibility index (Phi) is 7.17. The molecule has 1 aromatic carbocycles. The van der Waals surface area contributed by atoms with Crippen molar-refractivity contribution in [2.24, 2.45) is 5.92 Å². The van der Waals surface area contributed by atoms with Crippen molar-refractivity contribution in [2.75, 3.05) is 26.7 Å². The smallest absolute Gasteiger partial charge is 0.254 e. The van der Waals surface area contributed by atoms with E-state index in [0.717, 1.165) is 42.9 Å². The van der Waals surface area contributed by atoms with Crippen LogP contribution in [-0.4, -0.2) is 43.6 Å². The van der Waals surface area contributed by atoms with Crippen LogP contribution in [0.25, 0.3) is 0 Å². The number of methoxy groups -OCH3 is 1. The molecular formula is C17H27ClN2O2. The summed E-state index contributed by atoms with van der Waals surface area (Å²) in [5, 5.41) is 3.35. The van der Waals surface area contributed by atoms with E-state index >= 15 is 0 Å². The number of halogens is 1. The summed E-state index contributed by atoms with van der Waals surface area (Å²) < 4.78 is 5.34. The van der Waals surface area contributed by atoms with Crippen LogP contribution >= 0.6 is 12.4 Å². The SMILES string of the molecule is COc1cccc(C(=O)N(CC(C)C)[C@@H]2CCNC2)c1C.Cl. The first-order valence-corrected chi connectivity index (χ1v) is 7.70. The fourth-order valence-corrected chi connectivity index (χ4v) is 2.92. The molecule has 1 aliphatic rings. The van der Waals surface area contributed by atoms with Gasteiger partial charge in [-0.05, 0) is 37.9 Å². The van der Waals surface area contributed by atoms with E-state index in [1.807, 2.05) is 30.0 Å². The Labute approximate surface area is 139 Å². The lowest BCUT2D eigenvalue weighted by Crippen LogP contribution is -2.43. The number of rotatable bonds is 5. The highest BCUT2D eigenvalue weighted by Crippen LogP contribution is 2.24. The van der Waals surface area contributed by atoms with Gasteiger partial charge in [0.25, 0.3) is 5.91 Å². The van der Waals surface area contributed by atoms with Gasteiger partial charge >= 0.3 is 0 Å². The molecule has 1 aromatic rings. The van der Waals surface area contributed by atoms with Crippen LogP contribution in [0.2, 0.25) is 0 Å². The second kappa shape index (κ2) is 8.39. The number of ether oxygens (including phenoxy) is 1. The van der Waals surface area contributed by atoms with E-state index in [1.165, 1.54) is 0 Å². The lowest BCUT2D eigenvalue weighted by atomic mass is 10.0. The molecule has 0 saturated carbocycles. The first-order valence-electron chi connectivity index (χ1n) is 7.70. The molecule has 1 fully saturated rings. The minimum Gasteiger partial charge on any atom is -0.496 e. The van der Waals surface area contributed by atoms with Crippen LogP contribution in [0.3, 0.4) is 0 Å². The van der Waals surface area contributed by atoms with Gasteiger partial charge in [0, 0.05) is 30.3 Å². The molecule has 0 aliphatic carbocycles. The molecule has 4 nitrogen and oxygen atoms in total. The Hall–Kier alpha value is -1.26. The first kappa shape index (κ1) is 18.8. The predicted octanol–water partition coefficient (Wildman–Crippen LogP) is 2.89. The van der Waals surface area contributed by atoms with Gasteiger partial charge in [-0.15, -0.1) is 12.4 Å². The Morgan fingerprint density at radius 1 is 1.45 bits per heavy atom. The van der Waals surface area contributed by atoms with E-state index in [-0.39, 0.29) is 18.3 Å². The predicted molar refractivity (Wildman–Crippen MR) is 92.1 cm³/mol. The minimum atomic E-state index is 0. The quantitative estimate of drug-likeness (QED) is 0.904. The molecule has 1 atom stereocenters. The average molecular weight is 327 g/mol. The van der Waals surface area contributed by atoms with Gasteiger partial charge in [-0.3, -0.25) is 4.79 Å². The van der Waals surface area contributed by atoms with Crippen LogP contribution in [0, 0.1) is 12.8 Å². The Morgan fingerprint density at radius 2 is 2.18 bits per heavy atom. The summed E-state index contributed by atoms with van der Waals surface area (Å²) in [5.74, 6) is 1.35. The lowest BCUT2D eigenvalue weighted by Gasteiger charge is -2.31. The molecule has 0 aromatic heterocycles. The van der Waals surface area contributed by atoms with Crippen LogP contribution in [0.1, 0.15) is 36.2 Å². The van der Waals surface area contributed by atoms with Gasteiger partial charge in [0.2, 0.25) is 0 Å². The van der Waals surface area contributed by atoms with E-state index < -0.39 is 0 Å². The van der Waals surface area contributed by atoms with Gasteiger partial charge in [0.15, 0.2) is 0 Å². The van der Waals surface area contributed by atoms with Gasteiger partial charge in [0.05, 0.1) is 7.11 Å². The first-order chi connectivity index (χ1) is 10.0. The van der Waals surface area contributed by atoms with Crippen LogP contribution in [-0.2, 0) is 0 Å². The Bertz CT molecular complexity index is 499. The van der Waals surface area contributed by atoms with Crippen molar-refractivity contribution in [2.45, 2.75) is 33.2 Å². The molecule has 2 rings (SSSR count). The van der Waals surface area contributed by atoms with Gasteiger partial charge in [-0.25, -0.2) is 0 Å². The number of hydrogen-bond acceptors (Lipinski definition) is 3. The molecule has 1 aliphatic heterocycles. The van der Waals surface area contributed by atoms with Crippen molar-refractivity contribution in [3.63, 3.8) is 0 Å². The fraction of sp³-hybridized carbons (Fsp3) is 0.588. The normalized spacial score (nSPS) is 17.2. The summed E-state index contributed by atoms with van der Waals surface area (Å²) in [6.07, 6.45) is 1.03. The number of carbonyl (C=O) groups is 1. The maximum atomic E-state index is 13.0. The second-order valence-corrected chi connectivity index (χ2v) is 6.13. The summed E-state index contributed by atoms with van der Waals surface area (Å²) in [4.78, 5) is 15.0. The second-order valence-electron chi connectivity index (χ2n) is 6.13. The van der Waals surface area contributed by atoms with Crippen LogP contribution < -0.4 is 10.1 Å². The zero-order valence-corrected chi connectivity index (χ0v) is 14.7. The van der Waals surface area contributed by atoms with Crippen LogP contribution in [0.15, 0.2) is 18.2 Å². The van der Waals surface area contributed by atoms with Crippen molar-refractivity contribution in [3.05, 3.63) is 29.3 Å². The molecule has 0 radical (unpaired) electrons. The van der Waals surface area contributed by atoms with Crippen molar-refractivity contribution >= 4 is 18.3 Å². The Balaban J connectivity index is 0.00000242. The molecule has 0 bridgehead atoms. The molecule has 1 heterocycles. The number of hydrogen-bond donors (Lipinski definition) is 1.